The molecule has 0 spiro atoms. The van der Waals surface area contributed by atoms with Crippen LogP contribution in [-0.4, -0.2) is 73.8 Å². The van der Waals surface area contributed by atoms with Gasteiger partial charge >= 0.3 is 6.03 Å². The first-order valence-electron chi connectivity index (χ1n) is 10.8. The summed E-state index contributed by atoms with van der Waals surface area (Å²) < 4.78 is 24.4. The van der Waals surface area contributed by atoms with Crippen molar-refractivity contribution in [1.29, 1.82) is 0 Å². The smallest absolute Gasteiger partial charge is 0.317 e. The Bertz CT molecular complexity index is 731. The topological polar surface area (TPSA) is 71.1 Å². The van der Waals surface area contributed by atoms with Crippen molar-refractivity contribution >= 4 is 11.9 Å². The van der Waals surface area contributed by atoms with Crippen LogP contribution < -0.4 is 10.1 Å². The number of benzene rings is 1. The van der Waals surface area contributed by atoms with Crippen LogP contribution in [0.25, 0.3) is 0 Å². The summed E-state index contributed by atoms with van der Waals surface area (Å²) in [6, 6.07) is 4.51. The van der Waals surface area contributed by atoms with E-state index in [4.69, 9.17) is 9.47 Å². The lowest BCUT2D eigenvalue weighted by atomic mass is 9.97. The lowest BCUT2D eigenvalue weighted by Crippen LogP contribution is -2.56. The number of rotatable bonds is 6. The van der Waals surface area contributed by atoms with Crippen molar-refractivity contribution in [3.63, 3.8) is 0 Å². The van der Waals surface area contributed by atoms with E-state index in [0.717, 1.165) is 19.3 Å². The minimum absolute atomic E-state index is 0.0225. The third-order valence-corrected chi connectivity index (χ3v) is 5.89. The number of hydrogen-bond donors (Lipinski definition) is 1. The fraction of sp³-hybridized carbons (Fsp3) is 0.636. The second kappa shape index (κ2) is 10.6. The summed E-state index contributed by atoms with van der Waals surface area (Å²) >= 11 is 0. The second-order valence-electron chi connectivity index (χ2n) is 7.86. The summed E-state index contributed by atoms with van der Waals surface area (Å²) in [4.78, 5) is 29.4. The number of amides is 3. The predicted octanol–water partition coefficient (Wildman–Crippen LogP) is 3.04. The van der Waals surface area contributed by atoms with Gasteiger partial charge in [0.25, 0.3) is 5.91 Å². The molecule has 1 aromatic carbocycles. The van der Waals surface area contributed by atoms with Crippen LogP contribution in [0.2, 0.25) is 0 Å². The maximum Gasteiger partial charge on any atom is 0.317 e. The number of carbonyl (C=O) groups is 2. The number of hydrogen-bond acceptors (Lipinski definition) is 4. The molecule has 2 aliphatic heterocycles. The van der Waals surface area contributed by atoms with E-state index in [1.165, 1.54) is 19.2 Å². The average Bonchev–Trinajstić information content (AvgIpc) is 2.78. The summed E-state index contributed by atoms with van der Waals surface area (Å²) in [5.41, 5.74) is 0.314. The molecule has 166 valence electrons. The van der Waals surface area contributed by atoms with Gasteiger partial charge in [-0.15, -0.1) is 0 Å². The van der Waals surface area contributed by atoms with Crippen molar-refractivity contribution in [2.24, 2.45) is 0 Å². The number of nitrogens with one attached hydrogen (secondary N) is 1. The first-order valence-corrected chi connectivity index (χ1v) is 10.8. The highest BCUT2D eigenvalue weighted by atomic mass is 19.1. The number of piperidine rings is 1. The molecule has 2 heterocycles. The Morgan fingerprint density at radius 2 is 1.87 bits per heavy atom. The third kappa shape index (κ3) is 5.22. The van der Waals surface area contributed by atoms with E-state index in [1.807, 2.05) is 11.8 Å². The van der Waals surface area contributed by atoms with Crippen LogP contribution in [0.4, 0.5) is 9.18 Å². The highest BCUT2D eigenvalue weighted by molar-refractivity contribution is 5.94. The van der Waals surface area contributed by atoms with E-state index < -0.39 is 5.82 Å². The summed E-state index contributed by atoms with van der Waals surface area (Å²) in [6.45, 7) is 5.10. The quantitative estimate of drug-likeness (QED) is 0.767. The van der Waals surface area contributed by atoms with Crippen LogP contribution in [0.15, 0.2) is 18.2 Å². The molecule has 30 heavy (non-hydrogen) atoms. The third-order valence-electron chi connectivity index (χ3n) is 5.89. The normalized spacial score (nSPS) is 18.2. The average molecular weight is 422 g/mol. The largest absolute Gasteiger partial charge is 0.494 e. The van der Waals surface area contributed by atoms with Crippen LogP contribution in [-0.2, 0) is 4.74 Å². The van der Waals surface area contributed by atoms with Crippen molar-refractivity contribution in [3.8, 4) is 5.75 Å². The molecule has 2 saturated heterocycles. The molecular formula is C22H32FN3O4. The van der Waals surface area contributed by atoms with E-state index in [0.29, 0.717) is 51.3 Å². The van der Waals surface area contributed by atoms with Gasteiger partial charge in [0.15, 0.2) is 11.6 Å². The zero-order valence-electron chi connectivity index (χ0n) is 17.9. The van der Waals surface area contributed by atoms with Crippen LogP contribution in [0.3, 0.4) is 0 Å². The van der Waals surface area contributed by atoms with E-state index >= 15 is 0 Å². The highest BCUT2D eigenvalue weighted by Gasteiger charge is 2.35. The number of likely N-dealkylation sites (tertiary alicyclic amines) is 1. The maximum absolute atomic E-state index is 14.0. The van der Waals surface area contributed by atoms with Gasteiger partial charge < -0.3 is 24.6 Å². The number of carbonyl (C=O) groups excluding carboxylic acids is 2. The van der Waals surface area contributed by atoms with E-state index in [2.05, 4.69) is 5.32 Å². The Hall–Kier alpha value is -2.35. The minimum Gasteiger partial charge on any atom is -0.494 e. The molecule has 2 fully saturated rings. The summed E-state index contributed by atoms with van der Waals surface area (Å²) in [7, 11) is 1.39. The number of nitrogens with zero attached hydrogens (tertiary/aromatic N) is 2. The van der Waals surface area contributed by atoms with Gasteiger partial charge in [0.2, 0.25) is 0 Å². The van der Waals surface area contributed by atoms with E-state index in [1.54, 1.807) is 11.0 Å². The van der Waals surface area contributed by atoms with Crippen LogP contribution in [0.1, 0.15) is 49.4 Å². The number of urea groups is 1. The molecule has 1 N–H and O–H groups in total. The molecule has 7 nitrogen and oxygen atoms in total. The van der Waals surface area contributed by atoms with E-state index in [9.17, 15) is 14.0 Å². The fourth-order valence-electron chi connectivity index (χ4n) is 4.25. The summed E-state index contributed by atoms with van der Waals surface area (Å²) in [5.74, 6) is -0.616. The maximum atomic E-state index is 14.0. The lowest BCUT2D eigenvalue weighted by Gasteiger charge is -2.43. The SMILES string of the molecule is CCCNC(=O)N(C1CCOCC1)C1CCN(C(=O)c2ccc(OC)c(F)c2)CC1. The lowest BCUT2D eigenvalue weighted by molar-refractivity contribution is 0.0209. The molecule has 0 radical (unpaired) electrons. The van der Waals surface area contributed by atoms with Gasteiger partial charge in [-0.05, 0) is 50.3 Å². The fourth-order valence-corrected chi connectivity index (χ4v) is 4.25. The number of methoxy groups -OCH3 is 1. The molecular weight excluding hydrogens is 389 g/mol. The molecule has 1 aromatic rings. The standard InChI is InChI=1S/C22H32FN3O4/c1-3-10-24-22(28)26(18-8-13-30-14-9-18)17-6-11-25(12-7-17)21(27)16-4-5-20(29-2)19(23)15-16/h4-5,15,17-18H,3,6-14H2,1-2H3,(H,24,28). The molecule has 3 rings (SSSR count). The first kappa shape index (κ1) is 22.3. The summed E-state index contributed by atoms with van der Waals surface area (Å²) in [6.07, 6.45) is 3.98. The van der Waals surface area contributed by atoms with Crippen molar-refractivity contribution in [1.82, 2.24) is 15.1 Å². The molecule has 0 bridgehead atoms. The van der Waals surface area contributed by atoms with Gasteiger partial charge in [-0.2, -0.15) is 0 Å². The van der Waals surface area contributed by atoms with Gasteiger partial charge in [0.1, 0.15) is 0 Å². The van der Waals surface area contributed by atoms with Gasteiger partial charge in [0.05, 0.1) is 7.11 Å². The molecule has 2 aliphatic rings. The zero-order valence-corrected chi connectivity index (χ0v) is 17.9. The number of halogens is 1. The van der Waals surface area contributed by atoms with Gasteiger partial charge in [-0.1, -0.05) is 6.92 Å². The Labute approximate surface area is 177 Å². The molecule has 3 amide bonds. The van der Waals surface area contributed by atoms with E-state index in [-0.39, 0.29) is 29.8 Å². The number of ether oxygens (including phenoxy) is 2. The van der Waals surface area contributed by atoms with Crippen molar-refractivity contribution in [3.05, 3.63) is 29.6 Å². The van der Waals surface area contributed by atoms with Gasteiger partial charge in [-0.25, -0.2) is 9.18 Å². The van der Waals surface area contributed by atoms with Crippen molar-refractivity contribution < 1.29 is 23.5 Å². The molecule has 0 saturated carbocycles. The van der Waals surface area contributed by atoms with Crippen LogP contribution >= 0.6 is 0 Å². The van der Waals surface area contributed by atoms with Crippen LogP contribution in [0.5, 0.6) is 5.75 Å². The Morgan fingerprint density at radius 3 is 2.47 bits per heavy atom. The predicted molar refractivity (Wildman–Crippen MR) is 111 cm³/mol. The highest BCUT2D eigenvalue weighted by Crippen LogP contribution is 2.26. The molecule has 0 aromatic heterocycles. The molecule has 0 atom stereocenters. The van der Waals surface area contributed by atoms with Gasteiger partial charge in [0, 0.05) is 50.5 Å². The monoisotopic (exact) mass is 421 g/mol. The first-order chi connectivity index (χ1) is 14.5. The molecule has 0 unspecified atom stereocenters. The zero-order chi connectivity index (χ0) is 21.5. The minimum atomic E-state index is -0.545. The molecule has 8 heteroatoms. The summed E-state index contributed by atoms with van der Waals surface area (Å²) in [5, 5.41) is 3.02. The second-order valence-corrected chi connectivity index (χ2v) is 7.86. The Morgan fingerprint density at radius 1 is 1.20 bits per heavy atom. The Balaban J connectivity index is 1.64. The van der Waals surface area contributed by atoms with Crippen molar-refractivity contribution in [2.75, 3.05) is 40.0 Å². The molecule has 0 aliphatic carbocycles. The van der Waals surface area contributed by atoms with Crippen LogP contribution in [0, 0.1) is 5.82 Å². The van der Waals surface area contributed by atoms with Crippen molar-refractivity contribution in [2.45, 2.75) is 51.1 Å². The Kier molecular flexibility index (Phi) is 7.90. The van der Waals surface area contributed by atoms with Gasteiger partial charge in [-0.3, -0.25) is 4.79 Å².